The number of halogens is 1. The molecule has 3 heteroatoms. The minimum absolute atomic E-state index is 0.115. The molecule has 1 aromatic rings. The molecule has 0 saturated carbocycles. The Balaban J connectivity index is 2.67. The molecule has 0 heterocycles. The van der Waals surface area contributed by atoms with Crippen LogP contribution in [0.5, 0.6) is 0 Å². The van der Waals surface area contributed by atoms with Crippen molar-refractivity contribution in [3.8, 4) is 0 Å². The van der Waals surface area contributed by atoms with Crippen LogP contribution in [0, 0.1) is 5.92 Å². The molecule has 0 bridgehead atoms. The van der Waals surface area contributed by atoms with Gasteiger partial charge in [-0.05, 0) is 24.1 Å². The highest BCUT2D eigenvalue weighted by molar-refractivity contribution is 9.10. The summed E-state index contributed by atoms with van der Waals surface area (Å²) in [4.78, 5) is 0. The SMILES string of the molecule is CC(C)C(CO)Nc1cccc(Br)c1. The second kappa shape index (κ2) is 5.37. The summed E-state index contributed by atoms with van der Waals surface area (Å²) < 4.78 is 1.04. The van der Waals surface area contributed by atoms with Gasteiger partial charge in [-0.15, -0.1) is 0 Å². The van der Waals surface area contributed by atoms with Crippen LogP contribution in [0.2, 0.25) is 0 Å². The van der Waals surface area contributed by atoms with Crippen molar-refractivity contribution in [3.63, 3.8) is 0 Å². The fourth-order valence-corrected chi connectivity index (χ4v) is 1.61. The molecule has 0 aliphatic rings. The molecule has 2 nitrogen and oxygen atoms in total. The molecule has 0 saturated heterocycles. The third kappa shape index (κ3) is 3.31. The van der Waals surface area contributed by atoms with E-state index in [0.29, 0.717) is 5.92 Å². The van der Waals surface area contributed by atoms with Crippen molar-refractivity contribution < 1.29 is 5.11 Å². The van der Waals surface area contributed by atoms with Crippen LogP contribution in [0.3, 0.4) is 0 Å². The maximum absolute atomic E-state index is 9.15. The van der Waals surface area contributed by atoms with Crippen LogP contribution in [-0.2, 0) is 0 Å². The van der Waals surface area contributed by atoms with Gasteiger partial charge in [-0.3, -0.25) is 0 Å². The van der Waals surface area contributed by atoms with E-state index in [-0.39, 0.29) is 12.6 Å². The topological polar surface area (TPSA) is 32.3 Å². The molecule has 1 rings (SSSR count). The molecular formula is C11H16BrNO. The molecule has 1 atom stereocenters. The fourth-order valence-electron chi connectivity index (χ4n) is 1.22. The molecule has 0 aromatic heterocycles. The summed E-state index contributed by atoms with van der Waals surface area (Å²) in [6, 6.07) is 8.07. The number of hydrogen-bond acceptors (Lipinski definition) is 2. The Morgan fingerprint density at radius 2 is 2.14 bits per heavy atom. The monoisotopic (exact) mass is 257 g/mol. The Kier molecular flexibility index (Phi) is 4.42. The van der Waals surface area contributed by atoms with Gasteiger partial charge in [-0.1, -0.05) is 35.8 Å². The van der Waals surface area contributed by atoms with Crippen LogP contribution in [-0.4, -0.2) is 17.8 Å². The zero-order valence-electron chi connectivity index (χ0n) is 8.50. The first-order valence-electron chi connectivity index (χ1n) is 4.76. The second-order valence-electron chi connectivity index (χ2n) is 3.69. The average molecular weight is 258 g/mol. The van der Waals surface area contributed by atoms with Gasteiger partial charge in [-0.25, -0.2) is 0 Å². The maximum Gasteiger partial charge on any atom is 0.0635 e. The van der Waals surface area contributed by atoms with Crippen molar-refractivity contribution in [2.75, 3.05) is 11.9 Å². The third-order valence-electron chi connectivity index (χ3n) is 2.18. The highest BCUT2D eigenvalue weighted by atomic mass is 79.9. The Morgan fingerprint density at radius 3 is 2.64 bits per heavy atom. The Hall–Kier alpha value is -0.540. The van der Waals surface area contributed by atoms with E-state index in [1.807, 2.05) is 24.3 Å². The van der Waals surface area contributed by atoms with E-state index in [1.165, 1.54) is 0 Å². The number of benzene rings is 1. The van der Waals surface area contributed by atoms with Crippen molar-refractivity contribution >= 4 is 21.6 Å². The third-order valence-corrected chi connectivity index (χ3v) is 2.67. The van der Waals surface area contributed by atoms with Gasteiger partial charge in [0.1, 0.15) is 0 Å². The molecule has 0 aliphatic heterocycles. The molecule has 0 radical (unpaired) electrons. The minimum atomic E-state index is 0.115. The first-order valence-corrected chi connectivity index (χ1v) is 5.55. The number of rotatable bonds is 4. The molecule has 0 fully saturated rings. The zero-order chi connectivity index (χ0) is 10.6. The van der Waals surface area contributed by atoms with Crippen molar-refractivity contribution in [2.24, 2.45) is 5.92 Å². The van der Waals surface area contributed by atoms with Gasteiger partial charge < -0.3 is 10.4 Å². The van der Waals surface area contributed by atoms with Gasteiger partial charge >= 0.3 is 0 Å². The summed E-state index contributed by atoms with van der Waals surface area (Å²) in [5.41, 5.74) is 1.03. The molecular weight excluding hydrogens is 242 g/mol. The molecule has 0 aliphatic carbocycles. The van der Waals surface area contributed by atoms with Crippen molar-refractivity contribution in [3.05, 3.63) is 28.7 Å². The molecule has 1 unspecified atom stereocenters. The van der Waals surface area contributed by atoms with Crippen molar-refractivity contribution in [1.29, 1.82) is 0 Å². The van der Waals surface area contributed by atoms with Crippen LogP contribution >= 0.6 is 15.9 Å². The number of aliphatic hydroxyl groups excluding tert-OH is 1. The van der Waals surface area contributed by atoms with E-state index >= 15 is 0 Å². The normalized spacial score (nSPS) is 12.9. The van der Waals surface area contributed by atoms with Gasteiger partial charge in [0.05, 0.1) is 12.6 Å². The predicted octanol–water partition coefficient (Wildman–Crippen LogP) is 2.88. The predicted molar refractivity (Wildman–Crippen MR) is 63.5 cm³/mol. The summed E-state index contributed by atoms with van der Waals surface area (Å²) in [5, 5.41) is 12.4. The number of hydrogen-bond donors (Lipinski definition) is 2. The average Bonchev–Trinajstić information content (AvgIpc) is 2.14. The highest BCUT2D eigenvalue weighted by Gasteiger charge is 2.11. The number of aliphatic hydroxyl groups is 1. The lowest BCUT2D eigenvalue weighted by molar-refractivity contribution is 0.249. The first-order chi connectivity index (χ1) is 6.63. The van der Waals surface area contributed by atoms with Crippen LogP contribution in [0.1, 0.15) is 13.8 Å². The first kappa shape index (κ1) is 11.5. The number of nitrogens with one attached hydrogen (secondary N) is 1. The maximum atomic E-state index is 9.15. The highest BCUT2D eigenvalue weighted by Crippen LogP contribution is 2.17. The summed E-state index contributed by atoms with van der Waals surface area (Å²) in [5.74, 6) is 0.416. The van der Waals surface area contributed by atoms with E-state index in [4.69, 9.17) is 5.11 Å². The van der Waals surface area contributed by atoms with Crippen molar-refractivity contribution in [1.82, 2.24) is 0 Å². The molecule has 78 valence electrons. The van der Waals surface area contributed by atoms with Crippen molar-refractivity contribution in [2.45, 2.75) is 19.9 Å². The van der Waals surface area contributed by atoms with E-state index in [9.17, 15) is 0 Å². The summed E-state index contributed by atoms with van der Waals surface area (Å²) >= 11 is 3.41. The van der Waals surface area contributed by atoms with E-state index in [0.717, 1.165) is 10.2 Å². The second-order valence-corrected chi connectivity index (χ2v) is 4.60. The van der Waals surface area contributed by atoms with E-state index in [1.54, 1.807) is 0 Å². The van der Waals surface area contributed by atoms with Gasteiger partial charge in [-0.2, -0.15) is 0 Å². The summed E-state index contributed by atoms with van der Waals surface area (Å²) in [6.45, 7) is 4.34. The Morgan fingerprint density at radius 1 is 1.43 bits per heavy atom. The molecule has 1 aromatic carbocycles. The van der Waals surface area contributed by atoms with E-state index < -0.39 is 0 Å². The van der Waals surface area contributed by atoms with Crippen LogP contribution in [0.25, 0.3) is 0 Å². The van der Waals surface area contributed by atoms with Crippen LogP contribution in [0.4, 0.5) is 5.69 Å². The quantitative estimate of drug-likeness (QED) is 0.870. The van der Waals surface area contributed by atoms with Crippen LogP contribution < -0.4 is 5.32 Å². The summed E-state index contributed by atoms with van der Waals surface area (Å²) in [7, 11) is 0. The number of anilines is 1. The lowest BCUT2D eigenvalue weighted by atomic mass is 10.1. The fraction of sp³-hybridized carbons (Fsp3) is 0.455. The zero-order valence-corrected chi connectivity index (χ0v) is 10.1. The standard InChI is InChI=1S/C11H16BrNO/c1-8(2)11(7-14)13-10-5-3-4-9(12)6-10/h3-6,8,11,13-14H,7H2,1-2H3. The minimum Gasteiger partial charge on any atom is -0.394 e. The van der Waals surface area contributed by atoms with Gasteiger partial charge in [0.2, 0.25) is 0 Å². The molecule has 14 heavy (non-hydrogen) atoms. The molecule has 0 amide bonds. The Bertz CT molecular complexity index is 288. The molecule has 0 spiro atoms. The lowest BCUT2D eigenvalue weighted by Crippen LogP contribution is -2.29. The van der Waals surface area contributed by atoms with E-state index in [2.05, 4.69) is 35.1 Å². The smallest absolute Gasteiger partial charge is 0.0635 e. The lowest BCUT2D eigenvalue weighted by Gasteiger charge is -2.21. The van der Waals surface area contributed by atoms with Crippen LogP contribution in [0.15, 0.2) is 28.7 Å². The summed E-state index contributed by atoms with van der Waals surface area (Å²) in [6.07, 6.45) is 0. The largest absolute Gasteiger partial charge is 0.394 e. The van der Waals surface area contributed by atoms with Gasteiger partial charge in [0, 0.05) is 10.2 Å². The Labute approximate surface area is 93.5 Å². The van der Waals surface area contributed by atoms with Gasteiger partial charge in [0.25, 0.3) is 0 Å². The van der Waals surface area contributed by atoms with Gasteiger partial charge in [0.15, 0.2) is 0 Å². The molecule has 2 N–H and O–H groups in total.